The Morgan fingerprint density at radius 1 is 1.14 bits per heavy atom. The smallest absolute Gasteiger partial charge is 0.153 e. The van der Waals surface area contributed by atoms with Gasteiger partial charge in [-0.1, -0.05) is 23.7 Å². The molecule has 0 bridgehead atoms. The van der Waals surface area contributed by atoms with Crippen molar-refractivity contribution in [3.63, 3.8) is 0 Å². The molecule has 0 saturated carbocycles. The lowest BCUT2D eigenvalue weighted by Gasteiger charge is -2.37. The van der Waals surface area contributed by atoms with Gasteiger partial charge in [-0.2, -0.15) is 0 Å². The fraction of sp³-hybridized carbons (Fsp3) is 0.625. The lowest BCUT2D eigenvalue weighted by Crippen LogP contribution is -2.50. The highest BCUT2D eigenvalue weighted by Gasteiger charge is 2.39. The van der Waals surface area contributed by atoms with Gasteiger partial charge in [-0.25, -0.2) is 8.42 Å². The molecule has 0 aliphatic carbocycles. The van der Waals surface area contributed by atoms with Crippen molar-refractivity contribution in [3.05, 3.63) is 34.9 Å². The lowest BCUT2D eigenvalue weighted by atomic mass is 9.89. The van der Waals surface area contributed by atoms with Gasteiger partial charge < -0.3 is 5.73 Å². The van der Waals surface area contributed by atoms with E-state index in [9.17, 15) is 8.42 Å². The fourth-order valence-corrected chi connectivity index (χ4v) is 5.72. The Bertz CT molecular complexity index is 610. The van der Waals surface area contributed by atoms with Crippen LogP contribution in [0.4, 0.5) is 0 Å². The molecule has 2 saturated heterocycles. The number of hydrogen-bond acceptors (Lipinski definition) is 4. The molecule has 2 heterocycles. The monoisotopic (exact) mass is 342 g/mol. The zero-order valence-corrected chi connectivity index (χ0v) is 14.2. The van der Waals surface area contributed by atoms with Crippen LogP contribution in [0.1, 0.15) is 18.4 Å². The van der Waals surface area contributed by atoms with Crippen molar-refractivity contribution in [2.24, 2.45) is 11.7 Å². The van der Waals surface area contributed by atoms with Crippen LogP contribution in [0.3, 0.4) is 0 Å². The molecule has 1 aromatic carbocycles. The molecule has 2 atom stereocenters. The van der Waals surface area contributed by atoms with Crippen molar-refractivity contribution >= 4 is 21.4 Å². The maximum atomic E-state index is 11.7. The van der Waals surface area contributed by atoms with Crippen molar-refractivity contribution in [3.8, 4) is 0 Å². The molecule has 2 N–H and O–H groups in total. The summed E-state index contributed by atoms with van der Waals surface area (Å²) in [4.78, 5) is 2.29. The first kappa shape index (κ1) is 16.2. The summed E-state index contributed by atoms with van der Waals surface area (Å²) in [5, 5.41) is 0.773. The normalized spacial score (nSPS) is 29.7. The molecule has 6 heteroatoms. The van der Waals surface area contributed by atoms with E-state index in [1.807, 2.05) is 12.1 Å². The van der Waals surface area contributed by atoms with E-state index in [1.165, 1.54) is 5.56 Å². The van der Waals surface area contributed by atoms with Gasteiger partial charge in [-0.15, -0.1) is 0 Å². The Balaban J connectivity index is 1.53. The number of benzene rings is 1. The zero-order valence-electron chi connectivity index (χ0n) is 12.6. The van der Waals surface area contributed by atoms with E-state index in [0.29, 0.717) is 5.92 Å². The van der Waals surface area contributed by atoms with Gasteiger partial charge in [0.1, 0.15) is 0 Å². The average Bonchev–Trinajstić information content (AvgIpc) is 2.75. The van der Waals surface area contributed by atoms with Crippen LogP contribution < -0.4 is 5.73 Å². The van der Waals surface area contributed by atoms with Crippen LogP contribution in [0.5, 0.6) is 0 Å². The van der Waals surface area contributed by atoms with Gasteiger partial charge in [0.25, 0.3) is 0 Å². The SMILES string of the molecule is N[C@H]1CS(=O)(=O)C[C@@H]1N1CCC(Cc2ccc(Cl)cc2)CC1. The fourth-order valence-electron chi connectivity index (χ4n) is 3.67. The second-order valence-electron chi connectivity index (χ2n) is 6.62. The molecule has 1 aromatic rings. The third kappa shape index (κ3) is 3.82. The van der Waals surface area contributed by atoms with Gasteiger partial charge in [0, 0.05) is 17.1 Å². The van der Waals surface area contributed by atoms with Gasteiger partial charge in [-0.3, -0.25) is 4.90 Å². The summed E-state index contributed by atoms with van der Waals surface area (Å²) < 4.78 is 23.4. The Morgan fingerprint density at radius 2 is 1.77 bits per heavy atom. The highest BCUT2D eigenvalue weighted by molar-refractivity contribution is 7.91. The van der Waals surface area contributed by atoms with Gasteiger partial charge in [0.2, 0.25) is 0 Å². The Labute approximate surface area is 137 Å². The predicted octanol–water partition coefficient (Wildman–Crippen LogP) is 1.72. The standard InChI is InChI=1S/C16H23ClN2O2S/c17-14-3-1-12(2-4-14)9-13-5-7-19(8-6-13)16-11-22(20,21)10-15(16)18/h1-4,13,15-16H,5-11,18H2/t15-,16-/m0/s1. The number of rotatable bonds is 3. The van der Waals surface area contributed by atoms with Crippen molar-refractivity contribution in [2.45, 2.75) is 31.3 Å². The molecule has 2 aliphatic heterocycles. The molecule has 2 aliphatic rings. The molecule has 0 amide bonds. The zero-order chi connectivity index (χ0) is 15.7. The van der Waals surface area contributed by atoms with Crippen LogP contribution in [-0.2, 0) is 16.3 Å². The van der Waals surface area contributed by atoms with E-state index >= 15 is 0 Å². The maximum Gasteiger partial charge on any atom is 0.153 e. The number of nitrogens with two attached hydrogens (primary N) is 1. The summed E-state index contributed by atoms with van der Waals surface area (Å²) in [6, 6.07) is 7.85. The van der Waals surface area contributed by atoms with Crippen molar-refractivity contribution in [2.75, 3.05) is 24.6 Å². The number of piperidine rings is 1. The van der Waals surface area contributed by atoms with Crippen molar-refractivity contribution in [1.82, 2.24) is 4.90 Å². The third-order valence-electron chi connectivity index (χ3n) is 4.92. The molecular weight excluding hydrogens is 320 g/mol. The van der Waals surface area contributed by atoms with Gasteiger partial charge >= 0.3 is 0 Å². The highest BCUT2D eigenvalue weighted by atomic mass is 35.5. The van der Waals surface area contributed by atoms with Crippen LogP contribution >= 0.6 is 11.6 Å². The minimum Gasteiger partial charge on any atom is -0.325 e. The van der Waals surface area contributed by atoms with E-state index in [-0.39, 0.29) is 23.6 Å². The van der Waals surface area contributed by atoms with Crippen LogP contribution in [-0.4, -0.2) is 50.0 Å². The van der Waals surface area contributed by atoms with Gasteiger partial charge in [0.05, 0.1) is 11.5 Å². The summed E-state index contributed by atoms with van der Waals surface area (Å²) in [5.74, 6) is 1.03. The maximum absolute atomic E-state index is 11.7. The molecule has 122 valence electrons. The third-order valence-corrected chi connectivity index (χ3v) is 6.92. The summed E-state index contributed by atoms with van der Waals surface area (Å²) in [7, 11) is -2.94. The molecule has 4 nitrogen and oxygen atoms in total. The first-order valence-corrected chi connectivity index (χ1v) is 10.1. The van der Waals surface area contributed by atoms with E-state index in [1.54, 1.807) is 0 Å². The van der Waals surface area contributed by atoms with E-state index in [0.717, 1.165) is 37.4 Å². The second kappa shape index (κ2) is 6.48. The first-order chi connectivity index (χ1) is 10.4. The number of halogens is 1. The summed E-state index contributed by atoms with van der Waals surface area (Å²) >= 11 is 5.92. The molecule has 2 fully saturated rings. The molecule has 0 spiro atoms. The molecule has 22 heavy (non-hydrogen) atoms. The van der Waals surface area contributed by atoms with Crippen molar-refractivity contribution in [1.29, 1.82) is 0 Å². The first-order valence-electron chi connectivity index (χ1n) is 7.87. The van der Waals surface area contributed by atoms with E-state index in [2.05, 4.69) is 17.0 Å². The topological polar surface area (TPSA) is 63.4 Å². The van der Waals surface area contributed by atoms with Gasteiger partial charge in [0.15, 0.2) is 9.84 Å². The Hall–Kier alpha value is -0.620. The lowest BCUT2D eigenvalue weighted by molar-refractivity contribution is 0.135. The van der Waals surface area contributed by atoms with Crippen LogP contribution in [0.25, 0.3) is 0 Å². The summed E-state index contributed by atoms with van der Waals surface area (Å²) in [5.41, 5.74) is 7.35. The molecule has 3 rings (SSSR count). The quantitative estimate of drug-likeness (QED) is 0.908. The number of likely N-dealkylation sites (tertiary alicyclic amines) is 1. The Morgan fingerprint density at radius 3 is 2.32 bits per heavy atom. The molecule has 0 aromatic heterocycles. The number of sulfone groups is 1. The Kier molecular flexibility index (Phi) is 4.78. The minimum absolute atomic E-state index is 0.0153. The summed E-state index contributed by atoms with van der Waals surface area (Å²) in [6.07, 6.45) is 3.28. The van der Waals surface area contributed by atoms with Crippen LogP contribution in [0.2, 0.25) is 5.02 Å². The number of nitrogens with zero attached hydrogens (tertiary/aromatic N) is 1. The largest absolute Gasteiger partial charge is 0.325 e. The van der Waals surface area contributed by atoms with E-state index < -0.39 is 9.84 Å². The van der Waals surface area contributed by atoms with E-state index in [4.69, 9.17) is 17.3 Å². The van der Waals surface area contributed by atoms with Crippen LogP contribution in [0, 0.1) is 5.92 Å². The molecule has 0 radical (unpaired) electrons. The average molecular weight is 343 g/mol. The van der Waals surface area contributed by atoms with Gasteiger partial charge in [-0.05, 0) is 56.0 Å². The number of hydrogen-bond donors (Lipinski definition) is 1. The molecular formula is C16H23ClN2O2S. The summed E-state index contributed by atoms with van der Waals surface area (Å²) in [6.45, 7) is 1.90. The van der Waals surface area contributed by atoms with Crippen molar-refractivity contribution < 1.29 is 8.42 Å². The van der Waals surface area contributed by atoms with Crippen LogP contribution in [0.15, 0.2) is 24.3 Å². The minimum atomic E-state index is -2.94. The predicted molar refractivity (Wildman–Crippen MR) is 89.9 cm³/mol. The molecule has 0 unspecified atom stereocenters. The highest BCUT2D eigenvalue weighted by Crippen LogP contribution is 2.26. The second-order valence-corrected chi connectivity index (χ2v) is 9.21.